The zero-order valence-corrected chi connectivity index (χ0v) is 15.8. The molecule has 2 aromatic heterocycles. The molecule has 1 fully saturated rings. The fourth-order valence-corrected chi connectivity index (χ4v) is 3.42. The topological polar surface area (TPSA) is 99.2 Å². The van der Waals surface area contributed by atoms with Crippen molar-refractivity contribution in [1.82, 2.24) is 14.3 Å². The molecule has 146 valence electrons. The normalized spacial score (nSPS) is 15.8. The number of hydrogen-bond acceptors (Lipinski definition) is 7. The minimum atomic E-state index is -0.434. The highest BCUT2D eigenvalue weighted by Crippen LogP contribution is 2.23. The number of aromatic nitrogens is 2. The molecule has 0 unspecified atom stereocenters. The Morgan fingerprint density at radius 1 is 1.19 bits per heavy atom. The number of pyridine rings is 1. The number of fused-ring (bicyclic) bond motifs is 1. The molecular weight excluding hydrogens is 348 g/mol. The van der Waals surface area contributed by atoms with E-state index in [-0.39, 0.29) is 11.9 Å². The molecule has 2 N–H and O–H groups in total. The minimum Gasteiger partial charge on any atom is -0.466 e. The van der Waals surface area contributed by atoms with Crippen LogP contribution in [0.4, 0.5) is 5.69 Å². The lowest BCUT2D eigenvalue weighted by Gasteiger charge is -2.30. The fraction of sp³-hybridized carbons (Fsp3) is 0.526. The van der Waals surface area contributed by atoms with Crippen LogP contribution in [0, 0.1) is 5.92 Å². The zero-order valence-electron chi connectivity index (χ0n) is 15.8. The lowest BCUT2D eigenvalue weighted by atomic mass is 9.97. The molecular formula is C19H26N4O4. The van der Waals surface area contributed by atoms with E-state index in [9.17, 15) is 9.59 Å². The third-order valence-electron chi connectivity index (χ3n) is 4.79. The summed E-state index contributed by atoms with van der Waals surface area (Å²) >= 11 is 0. The summed E-state index contributed by atoms with van der Waals surface area (Å²) in [5, 5.41) is 0. The van der Waals surface area contributed by atoms with Crippen molar-refractivity contribution in [1.29, 1.82) is 0 Å². The highest BCUT2D eigenvalue weighted by molar-refractivity contribution is 5.89. The molecule has 0 aromatic carbocycles. The van der Waals surface area contributed by atoms with E-state index in [1.165, 1.54) is 0 Å². The number of piperidine rings is 1. The molecule has 1 saturated heterocycles. The van der Waals surface area contributed by atoms with Crippen LogP contribution in [0.25, 0.3) is 5.65 Å². The van der Waals surface area contributed by atoms with Crippen LogP contribution >= 0.6 is 0 Å². The number of carbonyl (C=O) groups is 2. The van der Waals surface area contributed by atoms with E-state index in [2.05, 4.69) is 9.88 Å². The number of nitrogens with two attached hydrogens (primary N) is 1. The van der Waals surface area contributed by atoms with E-state index in [4.69, 9.17) is 15.2 Å². The molecule has 8 heteroatoms. The Labute approximate surface area is 158 Å². The standard InChI is InChI=1S/C19H26N4O4/c1-3-26-18(24)13-7-9-22(10-8-13)12-15-17(19(25)27-4-2)21-16-6-5-14(20)11-23(15)16/h5-6,11,13H,3-4,7-10,12,20H2,1-2H3. The summed E-state index contributed by atoms with van der Waals surface area (Å²) in [4.78, 5) is 30.9. The van der Waals surface area contributed by atoms with E-state index >= 15 is 0 Å². The van der Waals surface area contributed by atoms with Gasteiger partial charge < -0.3 is 15.2 Å². The fourth-order valence-electron chi connectivity index (χ4n) is 3.42. The van der Waals surface area contributed by atoms with Crippen LogP contribution in [0.1, 0.15) is 42.9 Å². The Morgan fingerprint density at radius 2 is 1.89 bits per heavy atom. The first-order chi connectivity index (χ1) is 13.0. The van der Waals surface area contributed by atoms with Gasteiger partial charge in [-0.2, -0.15) is 0 Å². The van der Waals surface area contributed by atoms with Crippen molar-refractivity contribution in [3.8, 4) is 0 Å². The van der Waals surface area contributed by atoms with Crippen LogP contribution in [0.15, 0.2) is 18.3 Å². The highest BCUT2D eigenvalue weighted by atomic mass is 16.5. The molecule has 0 saturated carbocycles. The second kappa shape index (κ2) is 8.39. The van der Waals surface area contributed by atoms with Gasteiger partial charge in [-0.15, -0.1) is 0 Å². The van der Waals surface area contributed by atoms with Gasteiger partial charge in [0.15, 0.2) is 5.69 Å². The van der Waals surface area contributed by atoms with Crippen LogP contribution in [0.2, 0.25) is 0 Å². The monoisotopic (exact) mass is 374 g/mol. The predicted molar refractivity (Wildman–Crippen MR) is 100 cm³/mol. The SMILES string of the molecule is CCOC(=O)c1nc2ccc(N)cn2c1CN1CCC(C(=O)OCC)CC1. The molecule has 0 radical (unpaired) electrons. The molecule has 0 aliphatic carbocycles. The van der Waals surface area contributed by atoms with Crippen molar-refractivity contribution in [2.75, 3.05) is 32.0 Å². The van der Waals surface area contributed by atoms with Gasteiger partial charge in [0.2, 0.25) is 0 Å². The van der Waals surface area contributed by atoms with Crippen LogP contribution in [-0.4, -0.2) is 52.5 Å². The Morgan fingerprint density at radius 3 is 2.56 bits per heavy atom. The molecule has 2 aromatic rings. The third-order valence-corrected chi connectivity index (χ3v) is 4.79. The zero-order chi connectivity index (χ0) is 19.4. The highest BCUT2D eigenvalue weighted by Gasteiger charge is 2.28. The number of rotatable bonds is 6. The molecule has 3 heterocycles. The van der Waals surface area contributed by atoms with Crippen molar-refractivity contribution < 1.29 is 19.1 Å². The maximum Gasteiger partial charge on any atom is 0.358 e. The molecule has 1 aliphatic rings. The number of nitrogens with zero attached hydrogens (tertiary/aromatic N) is 3. The number of imidazole rings is 1. The predicted octanol–water partition coefficient (Wildman–Crippen LogP) is 1.87. The number of anilines is 1. The van der Waals surface area contributed by atoms with E-state index in [0.29, 0.717) is 36.8 Å². The summed E-state index contributed by atoms with van der Waals surface area (Å²) in [5.41, 5.74) is 8.24. The lowest BCUT2D eigenvalue weighted by Crippen LogP contribution is -2.37. The van der Waals surface area contributed by atoms with Crippen LogP contribution < -0.4 is 5.73 Å². The van der Waals surface area contributed by atoms with Crippen molar-refractivity contribution in [3.05, 3.63) is 29.7 Å². The van der Waals surface area contributed by atoms with Gasteiger partial charge in [-0.3, -0.25) is 14.1 Å². The molecule has 1 aliphatic heterocycles. The molecule has 3 rings (SSSR count). The van der Waals surface area contributed by atoms with Gasteiger partial charge in [-0.25, -0.2) is 9.78 Å². The Bertz CT molecular complexity index is 824. The van der Waals surface area contributed by atoms with Crippen molar-refractivity contribution in [3.63, 3.8) is 0 Å². The summed E-state index contributed by atoms with van der Waals surface area (Å²) in [6, 6.07) is 3.54. The Balaban J connectivity index is 1.79. The molecule has 0 atom stereocenters. The number of carbonyl (C=O) groups excluding carboxylic acids is 2. The van der Waals surface area contributed by atoms with Crippen LogP contribution in [-0.2, 0) is 20.8 Å². The van der Waals surface area contributed by atoms with Gasteiger partial charge in [-0.05, 0) is 51.9 Å². The maximum atomic E-state index is 12.4. The quantitative estimate of drug-likeness (QED) is 0.771. The Kier molecular flexibility index (Phi) is 5.95. The first-order valence-electron chi connectivity index (χ1n) is 9.36. The van der Waals surface area contributed by atoms with Crippen molar-refractivity contribution >= 4 is 23.3 Å². The summed E-state index contributed by atoms with van der Waals surface area (Å²) in [7, 11) is 0. The van der Waals surface area contributed by atoms with E-state index in [1.807, 2.05) is 11.3 Å². The van der Waals surface area contributed by atoms with Crippen LogP contribution in [0.5, 0.6) is 0 Å². The molecule has 8 nitrogen and oxygen atoms in total. The van der Waals surface area contributed by atoms with Crippen LogP contribution in [0.3, 0.4) is 0 Å². The average Bonchev–Trinajstić information content (AvgIpc) is 3.00. The second-order valence-corrected chi connectivity index (χ2v) is 6.62. The van der Waals surface area contributed by atoms with Gasteiger partial charge in [0.1, 0.15) is 5.65 Å². The molecule has 0 amide bonds. The summed E-state index contributed by atoms with van der Waals surface area (Å²) in [5.74, 6) is -0.605. The summed E-state index contributed by atoms with van der Waals surface area (Å²) < 4.78 is 12.1. The van der Waals surface area contributed by atoms with Gasteiger partial charge >= 0.3 is 11.9 Å². The number of esters is 2. The minimum absolute atomic E-state index is 0.0523. The average molecular weight is 374 g/mol. The third kappa shape index (κ3) is 4.21. The maximum absolute atomic E-state index is 12.4. The number of nitrogen functional groups attached to an aromatic ring is 1. The first-order valence-corrected chi connectivity index (χ1v) is 9.36. The lowest BCUT2D eigenvalue weighted by molar-refractivity contribution is -0.149. The van der Waals surface area contributed by atoms with Crippen molar-refractivity contribution in [2.24, 2.45) is 5.92 Å². The smallest absolute Gasteiger partial charge is 0.358 e. The molecule has 0 bridgehead atoms. The summed E-state index contributed by atoms with van der Waals surface area (Å²) in [6.45, 7) is 6.33. The molecule has 0 spiro atoms. The number of likely N-dealkylation sites (tertiary alicyclic amines) is 1. The van der Waals surface area contributed by atoms with E-state index in [0.717, 1.165) is 31.6 Å². The largest absolute Gasteiger partial charge is 0.466 e. The first kappa shape index (κ1) is 19.2. The number of ether oxygens (including phenoxy) is 2. The van der Waals surface area contributed by atoms with E-state index < -0.39 is 5.97 Å². The second-order valence-electron chi connectivity index (χ2n) is 6.62. The van der Waals surface area contributed by atoms with E-state index in [1.54, 1.807) is 25.3 Å². The Hall–Kier alpha value is -2.61. The number of hydrogen-bond donors (Lipinski definition) is 1. The van der Waals surface area contributed by atoms with Gasteiger partial charge in [0.05, 0.1) is 24.8 Å². The van der Waals surface area contributed by atoms with Gasteiger partial charge in [-0.1, -0.05) is 0 Å². The summed E-state index contributed by atoms with van der Waals surface area (Å²) in [6.07, 6.45) is 3.25. The van der Waals surface area contributed by atoms with Gasteiger partial charge in [0.25, 0.3) is 0 Å². The molecule has 27 heavy (non-hydrogen) atoms. The van der Waals surface area contributed by atoms with Crippen molar-refractivity contribution in [2.45, 2.75) is 33.2 Å². The van der Waals surface area contributed by atoms with Gasteiger partial charge in [0, 0.05) is 18.4 Å².